The molecule has 1 amide bonds. The molecule has 3 rings (SSSR count). The van der Waals surface area contributed by atoms with Gasteiger partial charge in [-0.15, -0.1) is 0 Å². The zero-order valence-corrected chi connectivity index (χ0v) is 18.1. The van der Waals surface area contributed by atoms with Gasteiger partial charge < -0.3 is 10.1 Å². The average molecular weight is 475 g/mol. The van der Waals surface area contributed by atoms with E-state index in [0.29, 0.717) is 5.56 Å². The molecule has 0 spiro atoms. The number of carbonyl (C=O) groups excluding carboxylic acids is 2. The third kappa shape index (κ3) is 4.18. The lowest BCUT2D eigenvalue weighted by Crippen LogP contribution is -2.37. The Labute approximate surface area is 179 Å². The smallest absolute Gasteiger partial charge is 0.332 e. The molecule has 0 fully saturated rings. The molecule has 1 unspecified atom stereocenters. The lowest BCUT2D eigenvalue weighted by molar-refractivity contribution is -0.141. The number of rotatable bonds is 5. The van der Waals surface area contributed by atoms with Crippen LogP contribution >= 0.6 is 15.9 Å². The number of pyridine rings is 1. The van der Waals surface area contributed by atoms with Crippen molar-refractivity contribution in [1.29, 1.82) is 0 Å². The number of aromatic nitrogens is 3. The summed E-state index contributed by atoms with van der Waals surface area (Å²) in [6.07, 6.45) is -0.0781. The normalized spacial score (nSPS) is 11.9. The van der Waals surface area contributed by atoms with Gasteiger partial charge in [0.25, 0.3) is 11.5 Å². The first-order valence-electron chi connectivity index (χ1n) is 8.93. The lowest BCUT2D eigenvalue weighted by atomic mass is 10.0. The molecular weight excluding hydrogens is 456 g/mol. The van der Waals surface area contributed by atoms with Crippen molar-refractivity contribution in [2.24, 2.45) is 14.1 Å². The topological polar surface area (TPSA) is 112 Å². The number of fused-ring (bicyclic) bond motifs is 1. The van der Waals surface area contributed by atoms with Crippen LogP contribution in [0.2, 0.25) is 0 Å². The molecule has 30 heavy (non-hydrogen) atoms. The number of hydrogen-bond donors (Lipinski definition) is 1. The number of esters is 1. The number of ether oxygens (including phenoxy) is 1. The molecule has 2 aromatic heterocycles. The third-order valence-corrected chi connectivity index (χ3v) is 5.18. The number of nitrogens with zero attached hydrogens (tertiary/aromatic N) is 3. The van der Waals surface area contributed by atoms with Crippen LogP contribution in [0.3, 0.4) is 0 Å². The van der Waals surface area contributed by atoms with E-state index in [4.69, 9.17) is 4.74 Å². The van der Waals surface area contributed by atoms with Crippen molar-refractivity contribution >= 4 is 38.8 Å². The van der Waals surface area contributed by atoms with Crippen molar-refractivity contribution in [2.45, 2.75) is 12.5 Å². The number of halogens is 1. The minimum atomic E-state index is -0.660. The van der Waals surface area contributed by atoms with Crippen LogP contribution in [0.4, 0.5) is 0 Å². The van der Waals surface area contributed by atoms with Gasteiger partial charge in [0.1, 0.15) is 11.3 Å². The summed E-state index contributed by atoms with van der Waals surface area (Å²) in [5.41, 5.74) is -0.232. The Morgan fingerprint density at radius 2 is 1.90 bits per heavy atom. The van der Waals surface area contributed by atoms with E-state index in [0.717, 1.165) is 9.04 Å². The molecular formula is C20H19BrN4O5. The fraction of sp³-hybridized carbons (Fsp3) is 0.250. The molecule has 0 aliphatic rings. The van der Waals surface area contributed by atoms with Gasteiger partial charge in [0.05, 0.1) is 25.0 Å². The van der Waals surface area contributed by atoms with E-state index >= 15 is 0 Å². The molecule has 0 saturated carbocycles. The Balaban J connectivity index is 1.99. The van der Waals surface area contributed by atoms with Gasteiger partial charge >= 0.3 is 11.7 Å². The Morgan fingerprint density at radius 3 is 2.57 bits per heavy atom. The summed E-state index contributed by atoms with van der Waals surface area (Å²) in [6, 6.07) is 9.37. The summed E-state index contributed by atoms with van der Waals surface area (Å²) >= 11 is 3.37. The van der Waals surface area contributed by atoms with Gasteiger partial charge in [-0.2, -0.15) is 0 Å². The second-order valence-electron chi connectivity index (χ2n) is 6.63. The highest BCUT2D eigenvalue weighted by Crippen LogP contribution is 2.22. The summed E-state index contributed by atoms with van der Waals surface area (Å²) in [5, 5.41) is 2.99. The molecule has 1 N–H and O–H groups in total. The lowest BCUT2D eigenvalue weighted by Gasteiger charge is -2.18. The number of amides is 1. The van der Waals surface area contributed by atoms with E-state index in [1.54, 1.807) is 18.2 Å². The zero-order chi connectivity index (χ0) is 22.0. The molecule has 10 heteroatoms. The third-order valence-electron chi connectivity index (χ3n) is 4.69. The summed E-state index contributed by atoms with van der Waals surface area (Å²) in [6.45, 7) is 0. The first-order chi connectivity index (χ1) is 14.2. The van der Waals surface area contributed by atoms with Crippen molar-refractivity contribution in [3.05, 3.63) is 73.0 Å². The van der Waals surface area contributed by atoms with E-state index < -0.39 is 29.2 Å². The second kappa shape index (κ2) is 8.62. The maximum atomic E-state index is 12.9. The van der Waals surface area contributed by atoms with E-state index in [1.807, 2.05) is 6.07 Å². The molecule has 0 radical (unpaired) electrons. The summed E-state index contributed by atoms with van der Waals surface area (Å²) in [5.74, 6) is -1.04. The van der Waals surface area contributed by atoms with Gasteiger partial charge in [0, 0.05) is 18.6 Å². The molecule has 0 aliphatic carbocycles. The van der Waals surface area contributed by atoms with Crippen LogP contribution in [-0.4, -0.2) is 33.1 Å². The van der Waals surface area contributed by atoms with Crippen LogP contribution in [0.1, 0.15) is 28.5 Å². The number of carbonyl (C=O) groups is 2. The molecule has 1 atom stereocenters. The maximum absolute atomic E-state index is 12.9. The Hall–Kier alpha value is -3.27. The molecule has 156 valence electrons. The van der Waals surface area contributed by atoms with Gasteiger partial charge in [-0.25, -0.2) is 9.78 Å². The predicted octanol–water partition coefficient (Wildman–Crippen LogP) is 1.43. The Kier molecular flexibility index (Phi) is 6.16. The van der Waals surface area contributed by atoms with Gasteiger partial charge in [0.15, 0.2) is 0 Å². The molecule has 0 bridgehead atoms. The standard InChI is InChI=1S/C20H19BrN4O5/c1-24-17-13(19(28)25(2)20(24)29)7-8-14(22-17)18(27)23-15(10-16(26)30-3)11-5-4-6-12(21)9-11/h4-9,15H,10H2,1-3H3,(H,23,27). The predicted molar refractivity (Wildman–Crippen MR) is 113 cm³/mol. The fourth-order valence-electron chi connectivity index (χ4n) is 3.04. The van der Waals surface area contributed by atoms with Crippen molar-refractivity contribution in [3.8, 4) is 0 Å². The van der Waals surface area contributed by atoms with Crippen molar-refractivity contribution in [1.82, 2.24) is 19.4 Å². The SMILES string of the molecule is COC(=O)CC(NC(=O)c1ccc2c(=O)n(C)c(=O)n(C)c2n1)c1cccc(Br)c1. The molecule has 2 heterocycles. The first kappa shape index (κ1) is 21.4. The van der Waals surface area contributed by atoms with Gasteiger partial charge in [0.2, 0.25) is 0 Å². The minimum absolute atomic E-state index is 0.00983. The monoisotopic (exact) mass is 474 g/mol. The van der Waals surface area contributed by atoms with Gasteiger partial charge in [-0.3, -0.25) is 23.5 Å². The van der Waals surface area contributed by atoms with E-state index in [9.17, 15) is 19.2 Å². The zero-order valence-electron chi connectivity index (χ0n) is 16.5. The highest BCUT2D eigenvalue weighted by Gasteiger charge is 2.21. The molecule has 0 saturated heterocycles. The van der Waals surface area contributed by atoms with Crippen LogP contribution in [0, 0.1) is 0 Å². The maximum Gasteiger partial charge on any atom is 0.332 e. The van der Waals surface area contributed by atoms with Crippen LogP contribution in [-0.2, 0) is 23.6 Å². The van der Waals surface area contributed by atoms with Crippen LogP contribution < -0.4 is 16.6 Å². The van der Waals surface area contributed by atoms with Crippen molar-refractivity contribution in [3.63, 3.8) is 0 Å². The van der Waals surface area contributed by atoms with E-state index in [-0.39, 0.29) is 23.1 Å². The summed E-state index contributed by atoms with van der Waals surface area (Å²) in [7, 11) is 4.12. The van der Waals surface area contributed by atoms with Gasteiger partial charge in [-0.1, -0.05) is 28.1 Å². The largest absolute Gasteiger partial charge is 0.469 e. The number of hydrogen-bond acceptors (Lipinski definition) is 6. The average Bonchev–Trinajstić information content (AvgIpc) is 2.75. The van der Waals surface area contributed by atoms with Crippen molar-refractivity contribution < 1.29 is 14.3 Å². The number of nitrogens with one attached hydrogen (secondary N) is 1. The van der Waals surface area contributed by atoms with Gasteiger partial charge in [-0.05, 0) is 29.8 Å². The van der Waals surface area contributed by atoms with Crippen LogP contribution in [0.15, 0.2) is 50.5 Å². The fourth-order valence-corrected chi connectivity index (χ4v) is 3.46. The molecule has 0 aliphatic heterocycles. The Morgan fingerprint density at radius 1 is 1.17 bits per heavy atom. The quantitative estimate of drug-likeness (QED) is 0.559. The number of methoxy groups -OCH3 is 1. The van der Waals surface area contributed by atoms with Crippen molar-refractivity contribution in [2.75, 3.05) is 7.11 Å². The molecule has 9 nitrogen and oxygen atoms in total. The molecule has 1 aromatic carbocycles. The van der Waals surface area contributed by atoms with E-state index in [1.165, 1.54) is 37.9 Å². The minimum Gasteiger partial charge on any atom is -0.469 e. The summed E-state index contributed by atoms with van der Waals surface area (Å²) < 4.78 is 7.71. The number of aryl methyl sites for hydroxylation is 1. The van der Waals surface area contributed by atoms with Crippen LogP contribution in [0.25, 0.3) is 11.0 Å². The van der Waals surface area contributed by atoms with Crippen LogP contribution in [0.5, 0.6) is 0 Å². The highest BCUT2D eigenvalue weighted by atomic mass is 79.9. The summed E-state index contributed by atoms with van der Waals surface area (Å²) in [4.78, 5) is 53.4. The molecule has 3 aromatic rings. The Bertz CT molecular complexity index is 1260. The van der Waals surface area contributed by atoms with E-state index in [2.05, 4.69) is 26.2 Å². The highest BCUT2D eigenvalue weighted by molar-refractivity contribution is 9.10. The second-order valence-corrected chi connectivity index (χ2v) is 7.55. The first-order valence-corrected chi connectivity index (χ1v) is 9.72. The number of benzene rings is 1.